The maximum atomic E-state index is 11.8. The summed E-state index contributed by atoms with van der Waals surface area (Å²) in [5.41, 5.74) is 5.36. The number of fused-ring (bicyclic) bond motifs is 2. The molecular formula is C20H22N2O2. The number of H-pyrrole nitrogens is 1. The van der Waals surface area contributed by atoms with Gasteiger partial charge in [0.15, 0.2) is 0 Å². The lowest BCUT2D eigenvalue weighted by Gasteiger charge is -2.39. The standard InChI is InChI=1S/C20H22N2O2/c1-22-10-12(11-24-20(23)13-5-6-13)7-16-15-3-2-4-17-19(15)14(9-21-17)8-18(16)22/h2-4,7,9,12-13,18,21H,5-6,8,10-11H2,1H3/t12-,18-/m1/s1. The summed E-state index contributed by atoms with van der Waals surface area (Å²) in [5, 5.41) is 1.36. The zero-order chi connectivity index (χ0) is 16.3. The first-order valence-corrected chi connectivity index (χ1v) is 8.88. The third kappa shape index (κ3) is 2.20. The molecule has 1 aromatic carbocycles. The van der Waals surface area contributed by atoms with Crippen LogP contribution in [0.5, 0.6) is 0 Å². The van der Waals surface area contributed by atoms with Gasteiger partial charge in [-0.2, -0.15) is 0 Å². The average molecular weight is 322 g/mol. The topological polar surface area (TPSA) is 45.3 Å². The Morgan fingerprint density at radius 1 is 1.38 bits per heavy atom. The van der Waals surface area contributed by atoms with Gasteiger partial charge in [0.1, 0.15) is 0 Å². The molecule has 0 bridgehead atoms. The minimum atomic E-state index is -0.00292. The van der Waals surface area contributed by atoms with E-state index in [0.717, 1.165) is 25.8 Å². The van der Waals surface area contributed by atoms with E-state index in [2.05, 4.69) is 47.4 Å². The van der Waals surface area contributed by atoms with Crippen LogP contribution >= 0.6 is 0 Å². The second-order valence-electron chi connectivity index (χ2n) is 7.49. The van der Waals surface area contributed by atoms with Crippen LogP contribution in [-0.4, -0.2) is 42.1 Å². The average Bonchev–Trinajstić information content (AvgIpc) is 3.36. The van der Waals surface area contributed by atoms with Crippen LogP contribution in [0.25, 0.3) is 16.5 Å². The monoisotopic (exact) mass is 322 g/mol. The Hall–Kier alpha value is -2.07. The van der Waals surface area contributed by atoms with E-state index in [1.165, 1.54) is 27.6 Å². The number of rotatable bonds is 3. The number of carbonyl (C=O) groups is 1. The van der Waals surface area contributed by atoms with E-state index in [1.807, 2.05) is 0 Å². The molecule has 0 saturated heterocycles. The van der Waals surface area contributed by atoms with E-state index < -0.39 is 0 Å². The second-order valence-corrected chi connectivity index (χ2v) is 7.49. The summed E-state index contributed by atoms with van der Waals surface area (Å²) in [6.45, 7) is 1.45. The van der Waals surface area contributed by atoms with Crippen molar-refractivity contribution in [2.75, 3.05) is 20.2 Å². The number of ether oxygens (including phenoxy) is 1. The number of aromatic nitrogens is 1. The largest absolute Gasteiger partial charge is 0.465 e. The quantitative estimate of drug-likeness (QED) is 0.884. The lowest BCUT2D eigenvalue weighted by molar-refractivity contribution is -0.146. The summed E-state index contributed by atoms with van der Waals surface area (Å²) in [7, 11) is 2.19. The molecule has 0 amide bonds. The number of benzene rings is 1. The maximum Gasteiger partial charge on any atom is 0.308 e. The van der Waals surface area contributed by atoms with Gasteiger partial charge in [0, 0.05) is 35.6 Å². The second kappa shape index (κ2) is 5.21. The highest BCUT2D eigenvalue weighted by Gasteiger charge is 2.35. The normalized spacial score (nSPS) is 26.1. The minimum absolute atomic E-state index is 0.00292. The Labute approximate surface area is 141 Å². The SMILES string of the molecule is CN1C[C@H](COC(=O)C2CC2)C=C2c3cccc4[nH]cc(c34)C[C@H]21. The molecule has 0 spiro atoms. The fourth-order valence-corrected chi connectivity index (χ4v) is 4.28. The number of likely N-dealkylation sites (N-methyl/N-ethyl adjacent to an activating group) is 1. The lowest BCUT2D eigenvalue weighted by Crippen LogP contribution is -2.43. The van der Waals surface area contributed by atoms with Crippen LogP contribution in [0.15, 0.2) is 30.5 Å². The smallest absolute Gasteiger partial charge is 0.308 e. The Morgan fingerprint density at radius 2 is 2.25 bits per heavy atom. The summed E-state index contributed by atoms with van der Waals surface area (Å²) >= 11 is 0. The van der Waals surface area contributed by atoms with Crippen molar-refractivity contribution in [2.24, 2.45) is 11.8 Å². The predicted molar refractivity (Wildman–Crippen MR) is 93.6 cm³/mol. The molecule has 1 saturated carbocycles. The highest BCUT2D eigenvalue weighted by atomic mass is 16.5. The molecule has 2 heterocycles. The first kappa shape index (κ1) is 14.3. The van der Waals surface area contributed by atoms with Crippen molar-refractivity contribution in [2.45, 2.75) is 25.3 Å². The van der Waals surface area contributed by atoms with Crippen LogP contribution in [0.3, 0.4) is 0 Å². The zero-order valence-electron chi connectivity index (χ0n) is 13.9. The lowest BCUT2D eigenvalue weighted by atomic mass is 9.80. The molecule has 1 aromatic heterocycles. The molecule has 1 aliphatic heterocycles. The molecule has 1 N–H and O–H groups in total. The number of hydrogen-bond donors (Lipinski definition) is 1. The van der Waals surface area contributed by atoms with Gasteiger partial charge in [0.2, 0.25) is 0 Å². The van der Waals surface area contributed by atoms with Crippen molar-refractivity contribution >= 4 is 22.4 Å². The fourth-order valence-electron chi connectivity index (χ4n) is 4.28. The third-order valence-corrected chi connectivity index (χ3v) is 5.69. The zero-order valence-corrected chi connectivity index (χ0v) is 13.9. The van der Waals surface area contributed by atoms with E-state index in [-0.39, 0.29) is 17.8 Å². The number of nitrogens with zero attached hydrogens (tertiary/aromatic N) is 1. The van der Waals surface area contributed by atoms with Crippen LogP contribution in [0.4, 0.5) is 0 Å². The van der Waals surface area contributed by atoms with E-state index >= 15 is 0 Å². The van der Waals surface area contributed by atoms with Gasteiger partial charge in [0.25, 0.3) is 0 Å². The third-order valence-electron chi connectivity index (χ3n) is 5.69. The van der Waals surface area contributed by atoms with Gasteiger partial charge in [0.05, 0.1) is 12.5 Å². The first-order chi connectivity index (χ1) is 11.7. The van der Waals surface area contributed by atoms with Gasteiger partial charge < -0.3 is 9.72 Å². The van der Waals surface area contributed by atoms with Crippen LogP contribution < -0.4 is 0 Å². The summed E-state index contributed by atoms with van der Waals surface area (Å²) in [6, 6.07) is 6.92. The molecule has 2 aromatic rings. The van der Waals surface area contributed by atoms with Gasteiger partial charge in [-0.25, -0.2) is 0 Å². The summed E-state index contributed by atoms with van der Waals surface area (Å²) < 4.78 is 5.54. The summed E-state index contributed by atoms with van der Waals surface area (Å²) in [5.74, 6) is 0.453. The molecule has 24 heavy (non-hydrogen) atoms. The van der Waals surface area contributed by atoms with Gasteiger partial charge in [-0.1, -0.05) is 18.2 Å². The molecule has 3 aliphatic rings. The number of hydrogen-bond acceptors (Lipinski definition) is 3. The van der Waals surface area contributed by atoms with Crippen molar-refractivity contribution in [1.82, 2.24) is 9.88 Å². The summed E-state index contributed by atoms with van der Waals surface area (Å²) in [6.07, 6.45) is 7.57. The fraction of sp³-hybridized carbons (Fsp3) is 0.450. The molecule has 2 atom stereocenters. The Bertz CT molecular complexity index is 846. The molecule has 2 aliphatic carbocycles. The molecule has 5 rings (SSSR count). The van der Waals surface area contributed by atoms with Crippen LogP contribution in [0.1, 0.15) is 24.0 Å². The Morgan fingerprint density at radius 3 is 3.08 bits per heavy atom. The Balaban J connectivity index is 1.48. The molecule has 0 radical (unpaired) electrons. The molecular weight excluding hydrogens is 300 g/mol. The van der Waals surface area contributed by atoms with Crippen molar-refractivity contribution in [3.8, 4) is 0 Å². The number of nitrogens with one attached hydrogen (secondary N) is 1. The molecule has 124 valence electrons. The number of aromatic amines is 1. The highest BCUT2D eigenvalue weighted by Crippen LogP contribution is 2.40. The summed E-state index contributed by atoms with van der Waals surface area (Å²) in [4.78, 5) is 17.7. The van der Waals surface area contributed by atoms with Gasteiger partial charge in [-0.15, -0.1) is 0 Å². The first-order valence-electron chi connectivity index (χ1n) is 8.88. The minimum Gasteiger partial charge on any atom is -0.465 e. The van der Waals surface area contributed by atoms with E-state index in [0.29, 0.717) is 12.6 Å². The van der Waals surface area contributed by atoms with Crippen LogP contribution in [0.2, 0.25) is 0 Å². The molecule has 4 heteroatoms. The Kier molecular flexibility index (Phi) is 3.10. The molecule has 0 unspecified atom stereocenters. The van der Waals surface area contributed by atoms with Crippen LogP contribution in [-0.2, 0) is 16.0 Å². The van der Waals surface area contributed by atoms with Gasteiger partial charge >= 0.3 is 5.97 Å². The molecule has 1 fully saturated rings. The highest BCUT2D eigenvalue weighted by molar-refractivity contribution is 5.98. The van der Waals surface area contributed by atoms with Crippen LogP contribution in [0, 0.1) is 11.8 Å². The number of esters is 1. The predicted octanol–water partition coefficient (Wildman–Crippen LogP) is 2.99. The van der Waals surface area contributed by atoms with Gasteiger partial charge in [-0.05, 0) is 49.1 Å². The molecule has 4 nitrogen and oxygen atoms in total. The van der Waals surface area contributed by atoms with Crippen molar-refractivity contribution < 1.29 is 9.53 Å². The van der Waals surface area contributed by atoms with Crippen molar-refractivity contribution in [3.63, 3.8) is 0 Å². The van der Waals surface area contributed by atoms with Crippen molar-refractivity contribution in [3.05, 3.63) is 41.6 Å². The van der Waals surface area contributed by atoms with Gasteiger partial charge in [-0.3, -0.25) is 9.69 Å². The maximum absolute atomic E-state index is 11.8. The van der Waals surface area contributed by atoms with E-state index in [1.54, 1.807) is 0 Å². The number of carbonyl (C=O) groups excluding carboxylic acids is 1. The van der Waals surface area contributed by atoms with Crippen molar-refractivity contribution in [1.29, 1.82) is 0 Å². The van der Waals surface area contributed by atoms with E-state index in [9.17, 15) is 4.79 Å². The van der Waals surface area contributed by atoms with E-state index in [4.69, 9.17) is 4.74 Å².